The van der Waals surface area contributed by atoms with Crippen molar-refractivity contribution in [2.75, 3.05) is 28.8 Å². The Bertz CT molecular complexity index is 640. The van der Waals surface area contributed by atoms with Crippen molar-refractivity contribution in [2.45, 2.75) is 25.3 Å². The zero-order valence-electron chi connectivity index (χ0n) is 11.8. The van der Waals surface area contributed by atoms with Gasteiger partial charge in [0.05, 0.1) is 11.5 Å². The zero-order chi connectivity index (χ0) is 15.0. The average molecular weight is 310 g/mol. The molecule has 1 aromatic heterocycles. The van der Waals surface area contributed by atoms with E-state index < -0.39 is 9.84 Å². The zero-order valence-corrected chi connectivity index (χ0v) is 12.6. The van der Waals surface area contributed by atoms with Gasteiger partial charge in [-0.1, -0.05) is 0 Å². The molecule has 2 heterocycles. The summed E-state index contributed by atoms with van der Waals surface area (Å²) >= 11 is 0. The number of aromatic nitrogens is 2. The maximum absolute atomic E-state index is 11.6. The van der Waals surface area contributed by atoms with Crippen molar-refractivity contribution in [1.29, 1.82) is 0 Å². The van der Waals surface area contributed by atoms with E-state index in [9.17, 15) is 13.2 Å². The number of sulfone groups is 1. The van der Waals surface area contributed by atoms with Crippen molar-refractivity contribution in [3.63, 3.8) is 0 Å². The van der Waals surface area contributed by atoms with Gasteiger partial charge in [-0.25, -0.2) is 8.42 Å². The summed E-state index contributed by atoms with van der Waals surface area (Å²) in [6, 6.07) is 3.39. The SMILES string of the molecule is CN(c1ccc(NC(=O)C2CC2)nn1)C1CCS(=O)(=O)C1. The Kier molecular flexibility index (Phi) is 3.56. The van der Waals surface area contributed by atoms with Gasteiger partial charge in [-0.3, -0.25) is 4.79 Å². The van der Waals surface area contributed by atoms with Crippen LogP contribution in [0, 0.1) is 5.92 Å². The topological polar surface area (TPSA) is 92.3 Å². The van der Waals surface area contributed by atoms with Crippen molar-refractivity contribution in [3.8, 4) is 0 Å². The van der Waals surface area contributed by atoms with Crippen molar-refractivity contribution in [3.05, 3.63) is 12.1 Å². The number of anilines is 2. The van der Waals surface area contributed by atoms with Gasteiger partial charge >= 0.3 is 0 Å². The highest BCUT2D eigenvalue weighted by Crippen LogP contribution is 2.30. The number of amides is 1. The van der Waals surface area contributed by atoms with Gasteiger partial charge in [0.1, 0.15) is 0 Å². The molecule has 1 saturated carbocycles. The molecule has 2 fully saturated rings. The number of carbonyl (C=O) groups excluding carboxylic acids is 1. The molecule has 2 aliphatic rings. The van der Waals surface area contributed by atoms with Crippen LogP contribution in [0.15, 0.2) is 12.1 Å². The average Bonchev–Trinajstić information content (AvgIpc) is 3.23. The fourth-order valence-electron chi connectivity index (χ4n) is 2.42. The summed E-state index contributed by atoms with van der Waals surface area (Å²) in [5.41, 5.74) is 0. The predicted octanol–water partition coefficient (Wildman–Crippen LogP) is 0.448. The summed E-state index contributed by atoms with van der Waals surface area (Å²) in [5, 5.41) is 10.8. The molecule has 1 atom stereocenters. The van der Waals surface area contributed by atoms with Crippen LogP contribution in [0.3, 0.4) is 0 Å². The number of carbonyl (C=O) groups is 1. The number of nitrogens with zero attached hydrogens (tertiary/aromatic N) is 3. The van der Waals surface area contributed by atoms with Crippen molar-refractivity contribution < 1.29 is 13.2 Å². The second kappa shape index (κ2) is 5.25. The third-order valence-electron chi connectivity index (χ3n) is 3.97. The maximum atomic E-state index is 11.6. The summed E-state index contributed by atoms with van der Waals surface area (Å²) in [4.78, 5) is 13.5. The molecule has 114 valence electrons. The highest BCUT2D eigenvalue weighted by molar-refractivity contribution is 7.91. The minimum atomic E-state index is -2.92. The molecule has 21 heavy (non-hydrogen) atoms. The van der Waals surface area contributed by atoms with E-state index in [1.54, 1.807) is 12.1 Å². The highest BCUT2D eigenvalue weighted by atomic mass is 32.2. The Morgan fingerprint density at radius 1 is 1.29 bits per heavy atom. The number of nitrogens with one attached hydrogen (secondary N) is 1. The first-order valence-electron chi connectivity index (χ1n) is 7.02. The van der Waals surface area contributed by atoms with E-state index >= 15 is 0 Å². The predicted molar refractivity (Wildman–Crippen MR) is 78.8 cm³/mol. The first-order valence-corrected chi connectivity index (χ1v) is 8.84. The van der Waals surface area contributed by atoms with E-state index in [1.165, 1.54) is 0 Å². The second-order valence-corrected chi connectivity index (χ2v) is 7.94. The van der Waals surface area contributed by atoms with Crippen LogP contribution in [-0.4, -0.2) is 49.1 Å². The van der Waals surface area contributed by atoms with Crippen LogP contribution in [-0.2, 0) is 14.6 Å². The maximum Gasteiger partial charge on any atom is 0.228 e. The molecule has 1 aliphatic carbocycles. The highest BCUT2D eigenvalue weighted by Gasteiger charge is 2.32. The lowest BCUT2D eigenvalue weighted by Crippen LogP contribution is -2.33. The summed E-state index contributed by atoms with van der Waals surface area (Å²) in [5.74, 6) is 1.55. The molecule has 0 radical (unpaired) electrons. The first-order chi connectivity index (χ1) is 9.94. The van der Waals surface area contributed by atoms with Crippen LogP contribution >= 0.6 is 0 Å². The standard InChI is InChI=1S/C13H18N4O3S/c1-17(10-6-7-21(19,20)8-10)12-5-4-11(15-16-12)14-13(18)9-2-3-9/h4-5,9-10H,2-3,6-8H2,1H3,(H,14,15,18). The molecular weight excluding hydrogens is 292 g/mol. The Balaban J connectivity index is 1.64. The normalized spacial score (nSPS) is 23.8. The Morgan fingerprint density at radius 2 is 2.05 bits per heavy atom. The second-order valence-electron chi connectivity index (χ2n) is 5.71. The quantitative estimate of drug-likeness (QED) is 0.868. The van der Waals surface area contributed by atoms with Gasteiger partial charge in [0.25, 0.3) is 0 Å². The molecule has 1 saturated heterocycles. The van der Waals surface area contributed by atoms with Gasteiger partial charge < -0.3 is 10.2 Å². The molecule has 0 bridgehead atoms. The van der Waals surface area contributed by atoms with Crippen LogP contribution in [0.1, 0.15) is 19.3 Å². The first kappa shape index (κ1) is 14.2. The van der Waals surface area contributed by atoms with Crippen molar-refractivity contribution in [1.82, 2.24) is 10.2 Å². The fraction of sp³-hybridized carbons (Fsp3) is 0.615. The third-order valence-corrected chi connectivity index (χ3v) is 5.72. The van der Waals surface area contributed by atoms with E-state index in [4.69, 9.17) is 0 Å². The van der Waals surface area contributed by atoms with Crippen LogP contribution < -0.4 is 10.2 Å². The molecule has 0 aromatic carbocycles. The summed E-state index contributed by atoms with van der Waals surface area (Å²) in [6.45, 7) is 0. The molecule has 1 N–H and O–H groups in total. The largest absolute Gasteiger partial charge is 0.354 e. The fourth-order valence-corrected chi connectivity index (χ4v) is 4.20. The Hall–Kier alpha value is -1.70. The van der Waals surface area contributed by atoms with E-state index in [0.717, 1.165) is 12.8 Å². The molecule has 0 spiro atoms. The van der Waals surface area contributed by atoms with E-state index in [1.807, 2.05) is 11.9 Å². The number of hydrogen-bond acceptors (Lipinski definition) is 6. The monoisotopic (exact) mass is 310 g/mol. The minimum Gasteiger partial charge on any atom is -0.354 e. The van der Waals surface area contributed by atoms with Gasteiger partial charge in [0.2, 0.25) is 5.91 Å². The molecule has 3 rings (SSSR count). The van der Waals surface area contributed by atoms with Crippen molar-refractivity contribution >= 4 is 27.4 Å². The van der Waals surface area contributed by atoms with Crippen LogP contribution in [0.2, 0.25) is 0 Å². The van der Waals surface area contributed by atoms with Crippen LogP contribution in [0.5, 0.6) is 0 Å². The third kappa shape index (κ3) is 3.31. The van der Waals surface area contributed by atoms with Gasteiger partial charge in [0, 0.05) is 19.0 Å². The molecule has 1 aliphatic heterocycles. The summed E-state index contributed by atoms with van der Waals surface area (Å²) in [7, 11) is -1.10. The number of hydrogen-bond donors (Lipinski definition) is 1. The molecule has 7 nitrogen and oxygen atoms in total. The lowest BCUT2D eigenvalue weighted by molar-refractivity contribution is -0.117. The van der Waals surface area contributed by atoms with Crippen LogP contribution in [0.25, 0.3) is 0 Å². The van der Waals surface area contributed by atoms with Gasteiger partial charge in [0.15, 0.2) is 21.5 Å². The summed E-state index contributed by atoms with van der Waals surface area (Å²) < 4.78 is 23.0. The molecule has 1 unspecified atom stereocenters. The lowest BCUT2D eigenvalue weighted by atomic mass is 10.2. The van der Waals surface area contributed by atoms with E-state index in [0.29, 0.717) is 18.1 Å². The van der Waals surface area contributed by atoms with E-state index in [2.05, 4.69) is 15.5 Å². The number of rotatable bonds is 4. The van der Waals surface area contributed by atoms with Crippen LogP contribution in [0.4, 0.5) is 11.6 Å². The Labute approximate surface area is 123 Å². The molecular formula is C13H18N4O3S. The van der Waals surface area contributed by atoms with Gasteiger partial charge in [-0.2, -0.15) is 0 Å². The summed E-state index contributed by atoms with van der Waals surface area (Å²) in [6.07, 6.45) is 2.49. The minimum absolute atomic E-state index is 0.00714. The van der Waals surface area contributed by atoms with Crippen molar-refractivity contribution in [2.24, 2.45) is 5.92 Å². The molecule has 1 aromatic rings. The molecule has 8 heteroatoms. The van der Waals surface area contributed by atoms with Gasteiger partial charge in [-0.05, 0) is 31.4 Å². The molecule has 1 amide bonds. The van der Waals surface area contributed by atoms with E-state index in [-0.39, 0.29) is 29.4 Å². The lowest BCUT2D eigenvalue weighted by Gasteiger charge is -2.23. The smallest absolute Gasteiger partial charge is 0.228 e. The van der Waals surface area contributed by atoms with Gasteiger partial charge in [-0.15, -0.1) is 10.2 Å². The Morgan fingerprint density at radius 3 is 2.57 bits per heavy atom.